The minimum absolute atomic E-state index is 0.122. The average molecular weight is 540 g/mol. The fourth-order valence-electron chi connectivity index (χ4n) is 6.33. The first-order valence-electron chi connectivity index (χ1n) is 12.6. The average Bonchev–Trinajstić information content (AvgIpc) is 3.25. The molecule has 3 nitrogen and oxygen atoms in total. The van der Waals surface area contributed by atoms with E-state index in [1.807, 2.05) is 0 Å². The molecule has 0 atom stereocenters. The Morgan fingerprint density at radius 2 is 1.51 bits per heavy atom. The third kappa shape index (κ3) is 2.76. The van der Waals surface area contributed by atoms with Crippen molar-refractivity contribution in [3.63, 3.8) is 0 Å². The van der Waals surface area contributed by atoms with Crippen molar-refractivity contribution in [3.05, 3.63) is 113 Å². The van der Waals surface area contributed by atoms with Crippen molar-refractivity contribution in [2.45, 2.75) is 19.3 Å². The first-order chi connectivity index (χ1) is 18.0. The molecule has 0 N–H and O–H groups in total. The van der Waals surface area contributed by atoms with Gasteiger partial charge in [0.25, 0.3) is 0 Å². The van der Waals surface area contributed by atoms with Gasteiger partial charge in [-0.05, 0) is 40.8 Å². The van der Waals surface area contributed by atoms with E-state index >= 15 is 0 Å². The maximum absolute atomic E-state index is 5.35. The Hall–Kier alpha value is -4.02. The summed E-state index contributed by atoms with van der Waals surface area (Å²) in [4.78, 5) is 10.6. The van der Waals surface area contributed by atoms with E-state index in [1.165, 1.54) is 38.2 Å². The number of benzene rings is 5. The fraction of sp³-hybridized carbons (Fsp3) is 0.0909. The van der Waals surface area contributed by atoms with Gasteiger partial charge in [0.1, 0.15) is 0 Å². The molecule has 1 aliphatic rings. The van der Waals surface area contributed by atoms with E-state index < -0.39 is 0 Å². The number of aromatic nitrogens is 3. The molecule has 2 aromatic heterocycles. The van der Waals surface area contributed by atoms with Crippen molar-refractivity contribution >= 4 is 59.4 Å². The van der Waals surface area contributed by atoms with Crippen LogP contribution in [0.25, 0.3) is 60.7 Å². The van der Waals surface area contributed by atoms with Crippen LogP contribution in [0.5, 0.6) is 0 Å². The van der Waals surface area contributed by atoms with E-state index in [-0.39, 0.29) is 5.41 Å². The predicted octanol–water partition coefficient (Wildman–Crippen LogP) is 8.95. The third-order valence-electron chi connectivity index (χ3n) is 8.05. The summed E-state index contributed by atoms with van der Waals surface area (Å²) in [5.41, 5.74) is 7.88. The van der Waals surface area contributed by atoms with Crippen LogP contribution in [0, 0.1) is 0 Å². The summed E-state index contributed by atoms with van der Waals surface area (Å²) in [5, 5.41) is 5.93. The van der Waals surface area contributed by atoms with Crippen molar-refractivity contribution in [3.8, 4) is 17.2 Å². The second-order valence-electron chi connectivity index (χ2n) is 10.4. The van der Waals surface area contributed by atoms with E-state index in [9.17, 15) is 0 Å². The highest BCUT2D eigenvalue weighted by atomic mass is 79.9. The van der Waals surface area contributed by atoms with Crippen LogP contribution >= 0.6 is 15.9 Å². The number of hydrogen-bond acceptors (Lipinski definition) is 2. The molecule has 0 saturated carbocycles. The van der Waals surface area contributed by atoms with Gasteiger partial charge in [-0.2, -0.15) is 0 Å². The predicted molar refractivity (Wildman–Crippen MR) is 157 cm³/mol. The van der Waals surface area contributed by atoms with Crippen molar-refractivity contribution in [1.82, 2.24) is 14.5 Å². The van der Waals surface area contributed by atoms with Gasteiger partial charge in [-0.3, -0.25) is 4.57 Å². The van der Waals surface area contributed by atoms with E-state index in [2.05, 4.69) is 131 Å². The van der Waals surface area contributed by atoms with Gasteiger partial charge in [-0.1, -0.05) is 103 Å². The van der Waals surface area contributed by atoms with Crippen LogP contribution < -0.4 is 0 Å². The lowest BCUT2D eigenvalue weighted by Gasteiger charge is -2.34. The minimum Gasteiger partial charge on any atom is -0.277 e. The van der Waals surface area contributed by atoms with Gasteiger partial charge in [0.05, 0.1) is 22.2 Å². The Bertz CT molecular complexity index is 2080. The molecule has 0 saturated heterocycles. The summed E-state index contributed by atoms with van der Waals surface area (Å²) in [7, 11) is 0. The molecule has 7 aromatic rings. The molecule has 2 heterocycles. The second-order valence-corrected chi connectivity index (χ2v) is 11.3. The molecular formula is C33H22BrN3. The van der Waals surface area contributed by atoms with Crippen molar-refractivity contribution < 1.29 is 0 Å². The summed E-state index contributed by atoms with van der Waals surface area (Å²) in [6.45, 7) is 4.60. The molecule has 37 heavy (non-hydrogen) atoms. The molecular weight excluding hydrogens is 518 g/mol. The Labute approximate surface area is 222 Å². The molecule has 5 aromatic carbocycles. The van der Waals surface area contributed by atoms with Crippen LogP contribution in [0.1, 0.15) is 25.0 Å². The van der Waals surface area contributed by atoms with Crippen LogP contribution in [-0.4, -0.2) is 14.5 Å². The van der Waals surface area contributed by atoms with Crippen LogP contribution in [0.2, 0.25) is 0 Å². The van der Waals surface area contributed by atoms with Crippen molar-refractivity contribution in [2.75, 3.05) is 0 Å². The Morgan fingerprint density at radius 1 is 0.703 bits per heavy atom. The Morgan fingerprint density at radius 3 is 2.43 bits per heavy atom. The van der Waals surface area contributed by atoms with E-state index in [0.717, 1.165) is 32.1 Å². The third-order valence-corrected chi connectivity index (χ3v) is 8.55. The summed E-state index contributed by atoms with van der Waals surface area (Å²) in [6.07, 6.45) is 0. The molecule has 1 aliphatic carbocycles. The second kappa shape index (κ2) is 7.27. The summed E-state index contributed by atoms with van der Waals surface area (Å²) < 4.78 is 3.31. The number of nitrogens with zero attached hydrogens (tertiary/aromatic N) is 3. The molecule has 0 radical (unpaired) electrons. The summed E-state index contributed by atoms with van der Waals surface area (Å²) in [6, 6.07) is 34.6. The smallest absolute Gasteiger partial charge is 0.235 e. The lowest BCUT2D eigenvalue weighted by molar-refractivity contribution is 0.643. The van der Waals surface area contributed by atoms with Crippen LogP contribution in [-0.2, 0) is 5.41 Å². The Balaban J connectivity index is 1.57. The number of rotatable bonds is 1. The summed E-state index contributed by atoms with van der Waals surface area (Å²) in [5.74, 6) is 0.702. The molecule has 0 unspecified atom stereocenters. The normalized spacial score (nSPS) is 14.0. The number of hydrogen-bond donors (Lipinski definition) is 0. The molecule has 0 spiro atoms. The number of halogens is 1. The number of fused-ring (bicyclic) bond motifs is 7. The van der Waals surface area contributed by atoms with Crippen LogP contribution in [0.4, 0.5) is 0 Å². The van der Waals surface area contributed by atoms with Gasteiger partial charge in [-0.25, -0.2) is 9.97 Å². The van der Waals surface area contributed by atoms with Gasteiger partial charge in [0.2, 0.25) is 5.95 Å². The zero-order valence-electron chi connectivity index (χ0n) is 20.5. The quantitative estimate of drug-likeness (QED) is 0.208. The lowest BCUT2D eigenvalue weighted by atomic mass is 9.70. The largest absolute Gasteiger partial charge is 0.277 e. The minimum atomic E-state index is -0.122. The maximum Gasteiger partial charge on any atom is 0.235 e. The molecule has 0 fully saturated rings. The van der Waals surface area contributed by atoms with Gasteiger partial charge in [0.15, 0.2) is 0 Å². The fourth-order valence-corrected chi connectivity index (χ4v) is 6.69. The first-order valence-corrected chi connectivity index (χ1v) is 13.3. The van der Waals surface area contributed by atoms with Gasteiger partial charge in [0, 0.05) is 37.0 Å². The molecule has 8 rings (SSSR count). The maximum atomic E-state index is 5.35. The highest BCUT2D eigenvalue weighted by Gasteiger charge is 2.34. The molecule has 4 heteroatoms. The van der Waals surface area contributed by atoms with Gasteiger partial charge < -0.3 is 0 Å². The van der Waals surface area contributed by atoms with Crippen molar-refractivity contribution in [2.24, 2.45) is 0 Å². The zero-order chi connectivity index (χ0) is 24.9. The van der Waals surface area contributed by atoms with Crippen LogP contribution in [0.3, 0.4) is 0 Å². The SMILES string of the molecule is CC1(C)c2ccccc2-c2nc(-n3c4ccc(Br)cc4c4ccc5ccccc5c43)nc3cccc1c23. The molecule has 0 bridgehead atoms. The molecule has 0 amide bonds. The van der Waals surface area contributed by atoms with Gasteiger partial charge in [-0.15, -0.1) is 0 Å². The van der Waals surface area contributed by atoms with Gasteiger partial charge >= 0.3 is 0 Å². The van der Waals surface area contributed by atoms with E-state index in [0.29, 0.717) is 5.95 Å². The zero-order valence-corrected chi connectivity index (χ0v) is 22.0. The summed E-state index contributed by atoms with van der Waals surface area (Å²) >= 11 is 3.69. The monoisotopic (exact) mass is 539 g/mol. The lowest BCUT2D eigenvalue weighted by Crippen LogP contribution is -2.24. The molecule has 0 aliphatic heterocycles. The van der Waals surface area contributed by atoms with Crippen molar-refractivity contribution in [1.29, 1.82) is 0 Å². The first kappa shape index (κ1) is 21.1. The van der Waals surface area contributed by atoms with E-state index in [4.69, 9.17) is 9.97 Å². The van der Waals surface area contributed by atoms with E-state index in [1.54, 1.807) is 0 Å². The highest BCUT2D eigenvalue weighted by molar-refractivity contribution is 9.10. The van der Waals surface area contributed by atoms with Crippen LogP contribution in [0.15, 0.2) is 102 Å². The standard InChI is InChI=1S/C33H22BrN3/c1-33(2)25-11-6-5-10-23(25)30-29-26(33)12-7-13-27(29)35-32(36-30)37-28-17-15-20(34)18-24(28)22-16-14-19-8-3-4-9-21(19)31(22)37/h3-18H,1-2H3. The molecule has 176 valence electrons. The highest BCUT2D eigenvalue weighted by Crippen LogP contribution is 2.48. The topological polar surface area (TPSA) is 30.7 Å². The Kier molecular flexibility index (Phi) is 4.15.